The quantitative estimate of drug-likeness (QED) is 0.741. The highest BCUT2D eigenvalue weighted by atomic mass is 32.2. The van der Waals surface area contributed by atoms with Crippen LogP contribution in [0.4, 0.5) is 0 Å². The van der Waals surface area contributed by atoms with Gasteiger partial charge in [0.1, 0.15) is 0 Å². The first-order chi connectivity index (χ1) is 7.64. The number of aliphatic hydroxyl groups is 1. The van der Waals surface area contributed by atoms with Gasteiger partial charge in [-0.15, -0.1) is 0 Å². The number of unbranched alkanes of at least 4 members (excludes halogenated alkanes) is 2. The number of aliphatic hydroxyl groups excluding tert-OH is 1. The Morgan fingerprint density at radius 2 is 1.69 bits per heavy atom. The summed E-state index contributed by atoms with van der Waals surface area (Å²) < 4.78 is 23.4. The Labute approximate surface area is 97.0 Å². The van der Waals surface area contributed by atoms with Crippen LogP contribution in [0.1, 0.15) is 24.8 Å². The molecule has 0 bridgehead atoms. The lowest BCUT2D eigenvalue weighted by molar-refractivity contribution is 0.284. The van der Waals surface area contributed by atoms with E-state index in [1.54, 1.807) is 0 Å². The average Bonchev–Trinajstić information content (AvgIpc) is 2.25. The molecular formula is C12H18O3S. The number of benzene rings is 1. The molecule has 1 N–H and O–H groups in total. The van der Waals surface area contributed by atoms with Gasteiger partial charge in [0.25, 0.3) is 0 Å². The summed E-state index contributed by atoms with van der Waals surface area (Å²) in [6.07, 6.45) is 2.08. The molecule has 1 aromatic rings. The zero-order chi connectivity index (χ0) is 11.9. The van der Waals surface area contributed by atoms with Gasteiger partial charge in [0.15, 0.2) is 9.84 Å². The van der Waals surface area contributed by atoms with Crippen LogP contribution < -0.4 is 0 Å². The van der Waals surface area contributed by atoms with E-state index in [1.807, 2.05) is 30.3 Å². The molecule has 0 atom stereocenters. The lowest BCUT2D eigenvalue weighted by Crippen LogP contribution is -2.09. The third-order valence-corrected chi connectivity index (χ3v) is 4.03. The van der Waals surface area contributed by atoms with Crippen molar-refractivity contribution < 1.29 is 13.5 Å². The molecule has 0 aromatic heterocycles. The van der Waals surface area contributed by atoms with Crippen LogP contribution in [0.2, 0.25) is 0 Å². The SMILES string of the molecule is O=S(=O)(CCCCCO)Cc1ccccc1. The topological polar surface area (TPSA) is 54.4 Å². The Morgan fingerprint density at radius 3 is 2.31 bits per heavy atom. The fraction of sp³-hybridized carbons (Fsp3) is 0.500. The molecule has 0 aliphatic rings. The van der Waals surface area contributed by atoms with Gasteiger partial charge in [0.2, 0.25) is 0 Å². The minimum absolute atomic E-state index is 0.118. The van der Waals surface area contributed by atoms with Gasteiger partial charge in [-0.2, -0.15) is 0 Å². The predicted molar refractivity (Wildman–Crippen MR) is 64.9 cm³/mol. The van der Waals surface area contributed by atoms with Crippen molar-refractivity contribution in [2.24, 2.45) is 0 Å². The normalized spacial score (nSPS) is 11.6. The van der Waals surface area contributed by atoms with E-state index in [1.165, 1.54) is 0 Å². The van der Waals surface area contributed by atoms with Gasteiger partial charge in [-0.3, -0.25) is 0 Å². The number of hydrogen-bond acceptors (Lipinski definition) is 3. The third kappa shape index (κ3) is 5.28. The minimum Gasteiger partial charge on any atom is -0.396 e. The predicted octanol–water partition coefficient (Wildman–Crippen LogP) is 1.76. The van der Waals surface area contributed by atoms with E-state index in [4.69, 9.17) is 5.11 Å². The summed E-state index contributed by atoms with van der Waals surface area (Å²) in [5.74, 6) is 0.328. The van der Waals surface area contributed by atoms with Crippen molar-refractivity contribution in [2.75, 3.05) is 12.4 Å². The van der Waals surface area contributed by atoms with Crippen LogP contribution >= 0.6 is 0 Å². The van der Waals surface area contributed by atoms with Gasteiger partial charge in [-0.1, -0.05) is 36.8 Å². The first kappa shape index (κ1) is 13.2. The Hall–Kier alpha value is -0.870. The molecule has 16 heavy (non-hydrogen) atoms. The van der Waals surface area contributed by atoms with Gasteiger partial charge >= 0.3 is 0 Å². The molecule has 4 heteroatoms. The first-order valence-electron chi connectivity index (χ1n) is 5.49. The maximum Gasteiger partial charge on any atom is 0.154 e. The van der Waals surface area contributed by atoms with Crippen molar-refractivity contribution in [1.29, 1.82) is 0 Å². The molecule has 0 aliphatic carbocycles. The molecule has 90 valence electrons. The monoisotopic (exact) mass is 242 g/mol. The second-order valence-corrected chi connectivity index (χ2v) is 6.05. The van der Waals surface area contributed by atoms with E-state index in [-0.39, 0.29) is 18.1 Å². The minimum atomic E-state index is -3.00. The molecule has 0 saturated carbocycles. The molecule has 0 amide bonds. The molecule has 0 fully saturated rings. The third-order valence-electron chi connectivity index (χ3n) is 2.34. The van der Waals surface area contributed by atoms with Crippen molar-refractivity contribution >= 4 is 9.84 Å². The summed E-state index contributed by atoms with van der Waals surface area (Å²) in [6, 6.07) is 9.21. The highest BCUT2D eigenvalue weighted by Crippen LogP contribution is 2.08. The molecule has 0 spiro atoms. The summed E-state index contributed by atoms with van der Waals surface area (Å²) in [5, 5.41) is 8.58. The van der Waals surface area contributed by atoms with E-state index in [2.05, 4.69) is 0 Å². The highest BCUT2D eigenvalue weighted by Gasteiger charge is 2.10. The van der Waals surface area contributed by atoms with Crippen LogP contribution in [0.15, 0.2) is 30.3 Å². The van der Waals surface area contributed by atoms with Crippen molar-refractivity contribution in [3.05, 3.63) is 35.9 Å². The van der Waals surface area contributed by atoms with Gasteiger partial charge in [0, 0.05) is 6.61 Å². The van der Waals surface area contributed by atoms with E-state index >= 15 is 0 Å². The summed E-state index contributed by atoms with van der Waals surface area (Å²) in [7, 11) is -3.00. The van der Waals surface area contributed by atoms with E-state index in [9.17, 15) is 8.42 Å². The number of sulfone groups is 1. The lowest BCUT2D eigenvalue weighted by Gasteiger charge is -2.04. The standard InChI is InChI=1S/C12H18O3S/c13-9-5-2-6-10-16(14,15)11-12-7-3-1-4-8-12/h1,3-4,7-8,13H,2,5-6,9-11H2. The molecule has 3 nitrogen and oxygen atoms in total. The highest BCUT2D eigenvalue weighted by molar-refractivity contribution is 7.90. The second-order valence-electron chi connectivity index (χ2n) is 3.86. The molecule has 0 radical (unpaired) electrons. The van der Waals surface area contributed by atoms with Gasteiger partial charge < -0.3 is 5.11 Å². The fourth-order valence-electron chi connectivity index (χ4n) is 1.51. The van der Waals surface area contributed by atoms with Crippen LogP contribution in [-0.2, 0) is 15.6 Å². The zero-order valence-corrected chi connectivity index (χ0v) is 10.1. The zero-order valence-electron chi connectivity index (χ0n) is 9.30. The van der Waals surface area contributed by atoms with Crippen LogP contribution in [-0.4, -0.2) is 25.9 Å². The Morgan fingerprint density at radius 1 is 1.00 bits per heavy atom. The largest absolute Gasteiger partial charge is 0.396 e. The summed E-state index contributed by atoms with van der Waals surface area (Å²) in [5.41, 5.74) is 0.838. The summed E-state index contributed by atoms with van der Waals surface area (Å²) in [4.78, 5) is 0. The Balaban J connectivity index is 2.40. The average molecular weight is 242 g/mol. The van der Waals surface area contributed by atoms with Crippen LogP contribution in [0.3, 0.4) is 0 Å². The smallest absolute Gasteiger partial charge is 0.154 e. The van der Waals surface area contributed by atoms with Crippen LogP contribution in [0.5, 0.6) is 0 Å². The number of rotatable bonds is 7. The van der Waals surface area contributed by atoms with Crippen LogP contribution in [0, 0.1) is 0 Å². The second kappa shape index (κ2) is 6.66. The molecule has 0 unspecified atom stereocenters. The maximum absolute atomic E-state index is 11.7. The lowest BCUT2D eigenvalue weighted by atomic mass is 10.2. The molecule has 0 aliphatic heterocycles. The summed E-state index contributed by atoms with van der Waals surface area (Å²) in [6.45, 7) is 0.138. The Kier molecular flexibility index (Phi) is 5.49. The van der Waals surface area contributed by atoms with Crippen molar-refractivity contribution in [3.63, 3.8) is 0 Å². The van der Waals surface area contributed by atoms with Crippen molar-refractivity contribution in [1.82, 2.24) is 0 Å². The van der Waals surface area contributed by atoms with Gasteiger partial charge in [-0.05, 0) is 18.4 Å². The fourth-order valence-corrected chi connectivity index (χ4v) is 3.00. The number of hydrogen-bond donors (Lipinski definition) is 1. The molecule has 0 heterocycles. The van der Waals surface area contributed by atoms with Crippen molar-refractivity contribution in [2.45, 2.75) is 25.0 Å². The first-order valence-corrected chi connectivity index (χ1v) is 7.31. The van der Waals surface area contributed by atoms with E-state index < -0.39 is 9.84 Å². The summed E-state index contributed by atoms with van der Waals surface area (Å²) >= 11 is 0. The van der Waals surface area contributed by atoms with Gasteiger partial charge in [0.05, 0.1) is 11.5 Å². The molecule has 1 aromatic carbocycles. The molecule has 1 rings (SSSR count). The molecular weight excluding hydrogens is 224 g/mol. The van der Waals surface area contributed by atoms with Gasteiger partial charge in [-0.25, -0.2) is 8.42 Å². The molecule has 0 saturated heterocycles. The van der Waals surface area contributed by atoms with E-state index in [0.29, 0.717) is 12.8 Å². The van der Waals surface area contributed by atoms with Crippen molar-refractivity contribution in [3.8, 4) is 0 Å². The van der Waals surface area contributed by atoms with E-state index in [0.717, 1.165) is 12.0 Å². The Bertz CT molecular complexity index is 384. The maximum atomic E-state index is 11.7. The van der Waals surface area contributed by atoms with Crippen LogP contribution in [0.25, 0.3) is 0 Å².